The first-order chi connectivity index (χ1) is 24.7. The molecule has 3 aromatic carbocycles. The molecule has 1 fully saturated rings. The van der Waals surface area contributed by atoms with Crippen LogP contribution in [0.5, 0.6) is 28.7 Å². The number of alkyl halides is 3. The Morgan fingerprint density at radius 2 is 1.81 bits per heavy atom. The highest BCUT2D eigenvalue weighted by Gasteiger charge is 2.57. The molecule has 0 spiro atoms. The number of hydrogen-bond donors (Lipinski definition) is 2. The van der Waals surface area contributed by atoms with Gasteiger partial charge in [-0.2, -0.15) is 18.4 Å². The topological polar surface area (TPSA) is 134 Å². The molecule has 2 N–H and O–H groups in total. The van der Waals surface area contributed by atoms with Crippen molar-refractivity contribution in [3.05, 3.63) is 80.9 Å². The molecule has 4 heterocycles. The van der Waals surface area contributed by atoms with Crippen molar-refractivity contribution in [2.75, 3.05) is 27.5 Å². The Morgan fingerprint density at radius 1 is 1.10 bits per heavy atom. The smallest absolute Gasteiger partial charge is 0.416 e. The largest absolute Gasteiger partial charge is 0.504 e. The molecule has 11 nitrogen and oxygen atoms in total. The molecule has 5 atom stereocenters. The highest BCUT2D eigenvalue weighted by Crippen LogP contribution is 2.58. The average Bonchev–Trinajstić information content (AvgIpc) is 3.58. The van der Waals surface area contributed by atoms with Crippen LogP contribution in [0, 0.1) is 25.2 Å². The van der Waals surface area contributed by atoms with E-state index in [0.29, 0.717) is 63.7 Å². The van der Waals surface area contributed by atoms with E-state index >= 15 is 0 Å². The lowest BCUT2D eigenvalue weighted by Gasteiger charge is -2.60. The number of nitrogens with one attached hydrogen (secondary N) is 1. The maximum atomic E-state index is 13.3. The predicted octanol–water partition coefficient (Wildman–Crippen LogP) is 5.29. The van der Waals surface area contributed by atoms with E-state index in [0.717, 1.165) is 23.3 Å². The standard InChI is InChI=1S/C38H37F3N4O7/c1-18-12-22-13-25-27(15-42)45-26(32(44(25)4)30(22)33(48)34(18)49-5)14-24-31(37-36(50-17-51-37)19(2)35(24)52-20(3)46)28(45)16-43-29(47)11-8-21-6-9-23(10-7-21)38(39,40)41/h6-12,25-28,32,48H,13-14,16-17H2,1-5H3,(H,43,47)/b11-8+/t25?,26?,27?,28-,32?/m0/s1. The molecule has 0 saturated carbocycles. The summed E-state index contributed by atoms with van der Waals surface area (Å²) in [5, 5.41) is 25.5. The minimum atomic E-state index is -4.48. The fraction of sp³-hybridized carbons (Fsp3) is 0.395. The Hall–Kier alpha value is -5.26. The number of halogens is 3. The number of phenolic OH excluding ortho intramolecular Hbond substituents is 1. The number of ether oxygens (including phenoxy) is 4. The minimum absolute atomic E-state index is 0.0184. The summed E-state index contributed by atoms with van der Waals surface area (Å²) in [4.78, 5) is 30.0. The third kappa shape index (κ3) is 5.68. The molecule has 0 radical (unpaired) electrons. The second-order valence-electron chi connectivity index (χ2n) is 13.5. The minimum Gasteiger partial charge on any atom is -0.504 e. The van der Waals surface area contributed by atoms with Crippen LogP contribution in [-0.2, 0) is 28.6 Å². The summed E-state index contributed by atoms with van der Waals surface area (Å²) in [5.41, 5.74) is 3.82. The molecule has 4 aliphatic heterocycles. The van der Waals surface area contributed by atoms with E-state index in [1.807, 2.05) is 20.0 Å². The van der Waals surface area contributed by atoms with Gasteiger partial charge in [-0.25, -0.2) is 0 Å². The maximum Gasteiger partial charge on any atom is 0.416 e. The summed E-state index contributed by atoms with van der Waals surface area (Å²) in [6.07, 6.45) is -1.07. The van der Waals surface area contributed by atoms with Crippen LogP contribution < -0.4 is 24.3 Å². The average molecular weight is 719 g/mol. The summed E-state index contributed by atoms with van der Waals surface area (Å²) in [6.45, 7) is 4.84. The van der Waals surface area contributed by atoms with Gasteiger partial charge in [0.05, 0.1) is 30.8 Å². The first-order valence-corrected chi connectivity index (χ1v) is 16.8. The number of rotatable bonds is 6. The highest BCUT2D eigenvalue weighted by molar-refractivity contribution is 5.91. The molecule has 2 bridgehead atoms. The molecule has 0 aromatic heterocycles. The number of amides is 1. The number of aryl methyl sites for hydroxylation is 1. The van der Waals surface area contributed by atoms with E-state index in [2.05, 4.69) is 21.2 Å². The molecule has 1 saturated heterocycles. The van der Waals surface area contributed by atoms with Crippen LogP contribution in [0.15, 0.2) is 36.4 Å². The van der Waals surface area contributed by atoms with Gasteiger partial charge in [0, 0.05) is 53.9 Å². The zero-order chi connectivity index (χ0) is 37.2. The van der Waals surface area contributed by atoms with Crippen LogP contribution in [0.2, 0.25) is 0 Å². The molecule has 52 heavy (non-hydrogen) atoms. The first-order valence-electron chi connectivity index (χ1n) is 16.8. The fourth-order valence-electron chi connectivity index (χ4n) is 8.52. The first kappa shape index (κ1) is 35.2. The van der Waals surface area contributed by atoms with Crippen LogP contribution in [0.4, 0.5) is 13.2 Å². The van der Waals surface area contributed by atoms with Crippen LogP contribution >= 0.6 is 0 Å². The Morgan fingerprint density at radius 3 is 2.46 bits per heavy atom. The van der Waals surface area contributed by atoms with E-state index in [-0.39, 0.29) is 25.1 Å². The molecular weight excluding hydrogens is 681 g/mol. The summed E-state index contributed by atoms with van der Waals surface area (Å²) in [7, 11) is 3.43. The highest BCUT2D eigenvalue weighted by atomic mass is 19.4. The van der Waals surface area contributed by atoms with Gasteiger partial charge in [0.25, 0.3) is 0 Å². The number of phenols is 1. The molecule has 7 rings (SSSR count). The zero-order valence-corrected chi connectivity index (χ0v) is 29.1. The third-order valence-electron chi connectivity index (χ3n) is 10.6. The molecule has 4 aliphatic rings. The molecule has 1 amide bonds. The van der Waals surface area contributed by atoms with Gasteiger partial charge in [-0.15, -0.1) is 0 Å². The normalized spacial score (nSPS) is 23.3. The summed E-state index contributed by atoms with van der Waals surface area (Å²) >= 11 is 0. The molecule has 14 heteroatoms. The number of methoxy groups -OCH3 is 1. The van der Waals surface area contributed by atoms with E-state index in [4.69, 9.17) is 18.9 Å². The van der Waals surface area contributed by atoms with Gasteiger partial charge in [-0.1, -0.05) is 18.2 Å². The monoisotopic (exact) mass is 718 g/mol. The maximum absolute atomic E-state index is 13.3. The Labute approximate surface area is 298 Å². The Balaban J connectivity index is 1.33. The quantitative estimate of drug-likeness (QED) is 0.197. The van der Waals surface area contributed by atoms with Crippen molar-refractivity contribution in [1.82, 2.24) is 15.1 Å². The van der Waals surface area contributed by atoms with Crippen molar-refractivity contribution >= 4 is 18.0 Å². The molecule has 3 aromatic rings. The van der Waals surface area contributed by atoms with Gasteiger partial charge in [-0.3, -0.25) is 19.4 Å². The van der Waals surface area contributed by atoms with Crippen molar-refractivity contribution < 1.29 is 46.8 Å². The number of hydrogen-bond acceptors (Lipinski definition) is 10. The van der Waals surface area contributed by atoms with Gasteiger partial charge < -0.3 is 29.4 Å². The molecule has 0 aliphatic carbocycles. The van der Waals surface area contributed by atoms with Gasteiger partial charge in [-0.05, 0) is 68.6 Å². The lowest BCUT2D eigenvalue weighted by atomic mass is 9.71. The third-order valence-corrected chi connectivity index (χ3v) is 10.6. The second-order valence-corrected chi connectivity index (χ2v) is 13.5. The van der Waals surface area contributed by atoms with Crippen molar-refractivity contribution in [1.29, 1.82) is 5.26 Å². The van der Waals surface area contributed by atoms with Crippen LogP contribution in [-0.4, -0.2) is 72.4 Å². The number of esters is 1. The van der Waals surface area contributed by atoms with E-state index in [9.17, 15) is 33.1 Å². The Kier molecular flexibility index (Phi) is 8.83. The summed E-state index contributed by atoms with van der Waals surface area (Å²) in [5.74, 6) is 0.469. The van der Waals surface area contributed by atoms with Crippen molar-refractivity contribution in [3.8, 4) is 34.8 Å². The molecular formula is C38H37F3N4O7. The number of carbonyl (C=O) groups is 2. The number of aromatic hydroxyl groups is 1. The lowest BCUT2D eigenvalue weighted by Crippen LogP contribution is -2.68. The Bertz CT molecular complexity index is 2040. The SMILES string of the molecule is COc1c(C)cc2c(c1O)C1C3Cc4c(OC(C)=O)c(C)c5c(c4[C@H](CNC(=O)/C=C/c4ccc(C(F)(F)F)cc4)N3C(C#N)C(C2)N1C)OCO5. The molecule has 4 unspecified atom stereocenters. The van der Waals surface area contributed by atoms with Crippen molar-refractivity contribution in [2.24, 2.45) is 0 Å². The van der Waals surface area contributed by atoms with Crippen LogP contribution in [0.3, 0.4) is 0 Å². The number of benzene rings is 3. The van der Waals surface area contributed by atoms with E-state index < -0.39 is 47.8 Å². The van der Waals surface area contributed by atoms with Gasteiger partial charge in [0.15, 0.2) is 23.0 Å². The predicted molar refractivity (Wildman–Crippen MR) is 181 cm³/mol. The van der Waals surface area contributed by atoms with Crippen molar-refractivity contribution in [2.45, 2.75) is 70.0 Å². The van der Waals surface area contributed by atoms with Crippen LogP contribution in [0.1, 0.15) is 63.5 Å². The lowest BCUT2D eigenvalue weighted by molar-refractivity contribution is -0.137. The number of nitrogens with zero attached hydrogens (tertiary/aromatic N) is 3. The van der Waals surface area contributed by atoms with E-state index in [1.54, 1.807) is 6.92 Å². The number of piperazine rings is 1. The molecule has 272 valence electrons. The van der Waals surface area contributed by atoms with Gasteiger partial charge >= 0.3 is 12.1 Å². The van der Waals surface area contributed by atoms with Gasteiger partial charge in [0.1, 0.15) is 11.8 Å². The fourth-order valence-corrected chi connectivity index (χ4v) is 8.52. The van der Waals surface area contributed by atoms with Crippen molar-refractivity contribution in [3.63, 3.8) is 0 Å². The zero-order valence-electron chi connectivity index (χ0n) is 29.1. The second kappa shape index (κ2) is 13.1. The number of fused-ring (bicyclic) bond motifs is 9. The summed E-state index contributed by atoms with van der Waals surface area (Å²) in [6, 6.07) is 6.41. The van der Waals surface area contributed by atoms with E-state index in [1.165, 1.54) is 38.3 Å². The van der Waals surface area contributed by atoms with Gasteiger partial charge in [0.2, 0.25) is 12.7 Å². The van der Waals surface area contributed by atoms with Crippen LogP contribution in [0.25, 0.3) is 6.08 Å². The number of likely N-dealkylation sites (N-methyl/N-ethyl adjacent to an activating group) is 1. The summed E-state index contributed by atoms with van der Waals surface area (Å²) < 4.78 is 62.5. The number of nitriles is 1. The number of carbonyl (C=O) groups excluding carboxylic acids is 2.